The maximum Gasteiger partial charge on any atom is 0.261 e. The molecule has 1 N–H and O–H groups in total. The predicted octanol–water partition coefficient (Wildman–Crippen LogP) is 2.50. The maximum absolute atomic E-state index is 12.7. The lowest BCUT2D eigenvalue weighted by atomic mass is 9.93. The highest BCUT2D eigenvalue weighted by Crippen LogP contribution is 2.32. The molecular formula is C16H16N6OS. The molecule has 3 aromatic heterocycles. The number of carbonyl (C=O) groups is 1. The first-order chi connectivity index (χ1) is 11.7. The number of anilines is 1. The zero-order valence-electron chi connectivity index (χ0n) is 13.1. The molecule has 0 bridgehead atoms. The summed E-state index contributed by atoms with van der Waals surface area (Å²) in [6.45, 7) is 2.25. The van der Waals surface area contributed by atoms with Crippen molar-refractivity contribution >= 4 is 22.4 Å². The second kappa shape index (κ2) is 6.12. The van der Waals surface area contributed by atoms with E-state index in [1.807, 2.05) is 0 Å². The number of nitrogens with one attached hydrogen (secondary N) is 1. The number of hydrogen-bond acceptors (Lipinski definition) is 6. The summed E-state index contributed by atoms with van der Waals surface area (Å²) in [5.41, 5.74) is 1.56. The Bertz CT molecular complexity index is 873. The van der Waals surface area contributed by atoms with Gasteiger partial charge in [-0.25, -0.2) is 19.6 Å². The number of aryl methyl sites for hydroxylation is 1. The van der Waals surface area contributed by atoms with Gasteiger partial charge < -0.3 is 0 Å². The van der Waals surface area contributed by atoms with Crippen LogP contribution in [0.1, 0.15) is 34.3 Å². The van der Waals surface area contributed by atoms with Crippen LogP contribution in [0.2, 0.25) is 0 Å². The van der Waals surface area contributed by atoms with Crippen LogP contribution in [0.25, 0.3) is 5.82 Å². The minimum Gasteiger partial charge on any atom is -0.298 e. The van der Waals surface area contributed by atoms with E-state index in [4.69, 9.17) is 0 Å². The molecule has 1 aliphatic rings. The lowest BCUT2D eigenvalue weighted by Crippen LogP contribution is -2.16. The fourth-order valence-electron chi connectivity index (χ4n) is 2.83. The number of rotatable bonds is 3. The number of thiazole rings is 1. The van der Waals surface area contributed by atoms with Gasteiger partial charge in [-0.2, -0.15) is 5.10 Å². The Morgan fingerprint density at radius 1 is 1.46 bits per heavy atom. The van der Waals surface area contributed by atoms with E-state index in [1.54, 1.807) is 29.7 Å². The van der Waals surface area contributed by atoms with Crippen LogP contribution >= 0.6 is 11.3 Å². The first-order valence-corrected chi connectivity index (χ1v) is 8.62. The average Bonchev–Trinajstić information content (AvgIpc) is 3.23. The van der Waals surface area contributed by atoms with Crippen LogP contribution in [-0.2, 0) is 12.8 Å². The smallest absolute Gasteiger partial charge is 0.261 e. The van der Waals surface area contributed by atoms with Crippen LogP contribution in [0.5, 0.6) is 0 Å². The summed E-state index contributed by atoms with van der Waals surface area (Å²) in [5.74, 6) is 0.883. The van der Waals surface area contributed by atoms with Crippen LogP contribution in [0.4, 0.5) is 5.13 Å². The SMILES string of the molecule is C[C@H]1CCc2nc(NC(=O)c3cccnc3-n3cncn3)sc2C1. The summed E-state index contributed by atoms with van der Waals surface area (Å²) < 4.78 is 1.48. The van der Waals surface area contributed by atoms with E-state index in [9.17, 15) is 4.79 Å². The maximum atomic E-state index is 12.7. The van der Waals surface area contributed by atoms with E-state index in [0.717, 1.165) is 25.0 Å². The van der Waals surface area contributed by atoms with Crippen molar-refractivity contribution in [1.29, 1.82) is 0 Å². The van der Waals surface area contributed by atoms with Crippen LogP contribution in [0, 0.1) is 5.92 Å². The lowest BCUT2D eigenvalue weighted by Gasteiger charge is -2.15. The number of hydrogen-bond donors (Lipinski definition) is 1. The molecule has 24 heavy (non-hydrogen) atoms. The molecule has 0 fully saturated rings. The van der Waals surface area contributed by atoms with Crippen molar-refractivity contribution in [2.75, 3.05) is 5.32 Å². The Labute approximate surface area is 142 Å². The van der Waals surface area contributed by atoms with Crippen molar-refractivity contribution < 1.29 is 4.79 Å². The molecule has 1 amide bonds. The van der Waals surface area contributed by atoms with Crippen molar-refractivity contribution in [2.45, 2.75) is 26.2 Å². The number of pyridine rings is 1. The minimum absolute atomic E-state index is 0.243. The standard InChI is InChI=1S/C16H16N6OS/c1-10-4-5-12-13(7-10)24-16(20-12)21-15(23)11-3-2-6-18-14(11)22-9-17-8-19-22/h2-3,6,8-10H,4-5,7H2,1H3,(H,20,21,23)/t10-/m0/s1. The first-order valence-electron chi connectivity index (χ1n) is 7.80. The molecule has 122 valence electrons. The molecule has 3 heterocycles. The van der Waals surface area contributed by atoms with Gasteiger partial charge in [0.25, 0.3) is 5.91 Å². The molecule has 1 aliphatic carbocycles. The highest BCUT2D eigenvalue weighted by molar-refractivity contribution is 7.15. The van der Waals surface area contributed by atoms with E-state index in [2.05, 4.69) is 32.3 Å². The number of carbonyl (C=O) groups excluding carboxylic acids is 1. The Hall–Kier alpha value is -2.61. The molecule has 0 saturated carbocycles. The minimum atomic E-state index is -0.243. The van der Waals surface area contributed by atoms with E-state index in [-0.39, 0.29) is 5.91 Å². The van der Waals surface area contributed by atoms with Gasteiger partial charge in [-0.1, -0.05) is 6.92 Å². The number of aromatic nitrogens is 5. The summed E-state index contributed by atoms with van der Waals surface area (Å²) in [7, 11) is 0. The molecule has 8 heteroatoms. The topological polar surface area (TPSA) is 85.6 Å². The third kappa shape index (κ3) is 2.80. The largest absolute Gasteiger partial charge is 0.298 e. The quantitative estimate of drug-likeness (QED) is 0.792. The third-order valence-corrected chi connectivity index (χ3v) is 5.11. The predicted molar refractivity (Wildman–Crippen MR) is 90.4 cm³/mol. The molecule has 0 saturated heterocycles. The van der Waals surface area contributed by atoms with Crippen molar-refractivity contribution in [2.24, 2.45) is 5.92 Å². The molecule has 0 unspecified atom stereocenters. The van der Waals surface area contributed by atoms with Gasteiger partial charge >= 0.3 is 0 Å². The molecule has 0 spiro atoms. The van der Waals surface area contributed by atoms with E-state index < -0.39 is 0 Å². The fourth-order valence-corrected chi connectivity index (χ4v) is 4.00. The first kappa shape index (κ1) is 14.9. The zero-order valence-corrected chi connectivity index (χ0v) is 14.0. The molecule has 0 aliphatic heterocycles. The highest BCUT2D eigenvalue weighted by Gasteiger charge is 2.21. The van der Waals surface area contributed by atoms with Crippen molar-refractivity contribution in [3.63, 3.8) is 0 Å². The monoisotopic (exact) mass is 340 g/mol. The van der Waals surface area contributed by atoms with Gasteiger partial charge in [0.15, 0.2) is 10.9 Å². The van der Waals surface area contributed by atoms with Gasteiger partial charge in [0.1, 0.15) is 12.7 Å². The van der Waals surface area contributed by atoms with E-state index in [1.165, 1.54) is 22.2 Å². The summed E-state index contributed by atoms with van der Waals surface area (Å²) in [6.07, 6.45) is 7.73. The van der Waals surface area contributed by atoms with Gasteiger partial charge in [-0.05, 0) is 37.3 Å². The Balaban J connectivity index is 1.60. The van der Waals surface area contributed by atoms with Crippen LogP contribution in [0.3, 0.4) is 0 Å². The normalized spacial score (nSPS) is 16.6. The van der Waals surface area contributed by atoms with Crippen molar-refractivity contribution in [3.8, 4) is 5.82 Å². The number of amides is 1. The van der Waals surface area contributed by atoms with Gasteiger partial charge in [-0.15, -0.1) is 11.3 Å². The Morgan fingerprint density at radius 3 is 3.21 bits per heavy atom. The summed E-state index contributed by atoms with van der Waals surface area (Å²) >= 11 is 1.57. The second-order valence-electron chi connectivity index (χ2n) is 5.91. The third-order valence-electron chi connectivity index (χ3n) is 4.07. The van der Waals surface area contributed by atoms with E-state index in [0.29, 0.717) is 22.4 Å². The van der Waals surface area contributed by atoms with Gasteiger partial charge in [-0.3, -0.25) is 10.1 Å². The Morgan fingerprint density at radius 2 is 2.38 bits per heavy atom. The zero-order chi connectivity index (χ0) is 16.5. The molecule has 4 rings (SSSR count). The molecule has 0 radical (unpaired) electrons. The van der Waals surface area contributed by atoms with Crippen molar-refractivity contribution in [3.05, 3.63) is 47.1 Å². The van der Waals surface area contributed by atoms with Crippen molar-refractivity contribution in [1.82, 2.24) is 24.7 Å². The molecule has 3 aromatic rings. The fraction of sp³-hybridized carbons (Fsp3) is 0.312. The summed E-state index contributed by atoms with van der Waals surface area (Å²) in [6, 6.07) is 3.44. The number of nitrogens with zero attached hydrogens (tertiary/aromatic N) is 5. The molecule has 0 aromatic carbocycles. The van der Waals surface area contributed by atoms with Gasteiger partial charge in [0, 0.05) is 11.1 Å². The lowest BCUT2D eigenvalue weighted by molar-refractivity contribution is 0.102. The molecule has 7 nitrogen and oxygen atoms in total. The van der Waals surface area contributed by atoms with Gasteiger partial charge in [0.05, 0.1) is 11.3 Å². The van der Waals surface area contributed by atoms with Gasteiger partial charge in [0.2, 0.25) is 0 Å². The van der Waals surface area contributed by atoms with Crippen LogP contribution < -0.4 is 5.32 Å². The molecular weight excluding hydrogens is 324 g/mol. The van der Waals surface area contributed by atoms with Crippen LogP contribution in [0.15, 0.2) is 31.0 Å². The summed E-state index contributed by atoms with van der Waals surface area (Å²) in [4.78, 5) is 26.7. The number of fused-ring (bicyclic) bond motifs is 1. The molecule has 1 atom stereocenters. The van der Waals surface area contributed by atoms with Crippen LogP contribution in [-0.4, -0.2) is 30.6 Å². The second-order valence-corrected chi connectivity index (χ2v) is 6.99. The highest BCUT2D eigenvalue weighted by atomic mass is 32.1. The summed E-state index contributed by atoms with van der Waals surface area (Å²) in [5, 5.41) is 7.59. The average molecular weight is 340 g/mol. The van der Waals surface area contributed by atoms with E-state index >= 15 is 0 Å². The Kier molecular flexibility index (Phi) is 3.81.